The van der Waals surface area contributed by atoms with Crippen molar-refractivity contribution < 1.29 is 14.3 Å². The first-order chi connectivity index (χ1) is 14.5. The fraction of sp³-hybridized carbons (Fsp3) is 0.167. The lowest BCUT2D eigenvalue weighted by molar-refractivity contribution is -0.122. The van der Waals surface area contributed by atoms with E-state index in [2.05, 4.69) is 5.32 Å². The molecule has 1 N–H and O–H groups in total. The molecule has 3 aromatic rings. The van der Waals surface area contributed by atoms with Crippen LogP contribution < -0.4 is 15.0 Å². The number of nitrogens with zero attached hydrogens (tertiary/aromatic N) is 1. The summed E-state index contributed by atoms with van der Waals surface area (Å²) in [6, 6.07) is 22.0. The Morgan fingerprint density at radius 3 is 2.43 bits per heavy atom. The molecule has 1 aliphatic heterocycles. The van der Waals surface area contributed by atoms with Crippen LogP contribution in [0.2, 0.25) is 5.02 Å². The number of rotatable bonds is 5. The van der Waals surface area contributed by atoms with Gasteiger partial charge in [0.05, 0.1) is 5.92 Å². The SMILES string of the molecule is Cc1ccccc1Oc1ccc(NC(=O)[C@H]2CC(=O)N(c3ccc(Cl)cc3)C2)cc1. The number of carbonyl (C=O) groups excluding carboxylic acids is 2. The maximum Gasteiger partial charge on any atom is 0.229 e. The molecule has 1 aliphatic rings. The van der Waals surface area contributed by atoms with E-state index < -0.39 is 5.92 Å². The quantitative estimate of drug-likeness (QED) is 0.598. The van der Waals surface area contributed by atoms with Crippen LogP contribution in [0.15, 0.2) is 72.8 Å². The summed E-state index contributed by atoms with van der Waals surface area (Å²) in [6.07, 6.45) is 0.183. The Morgan fingerprint density at radius 2 is 1.73 bits per heavy atom. The van der Waals surface area contributed by atoms with Crippen LogP contribution in [0.25, 0.3) is 0 Å². The Balaban J connectivity index is 1.37. The number of nitrogens with one attached hydrogen (secondary N) is 1. The third-order valence-corrected chi connectivity index (χ3v) is 5.33. The smallest absolute Gasteiger partial charge is 0.229 e. The van der Waals surface area contributed by atoms with E-state index in [9.17, 15) is 9.59 Å². The van der Waals surface area contributed by atoms with Crippen molar-refractivity contribution >= 4 is 34.8 Å². The zero-order valence-electron chi connectivity index (χ0n) is 16.5. The number of amides is 2. The van der Waals surface area contributed by atoms with E-state index in [1.807, 2.05) is 43.3 Å². The van der Waals surface area contributed by atoms with E-state index in [0.29, 0.717) is 23.0 Å². The lowest BCUT2D eigenvalue weighted by Gasteiger charge is -2.17. The molecular formula is C24H21ClN2O3. The summed E-state index contributed by atoms with van der Waals surface area (Å²) in [6.45, 7) is 2.33. The number of hydrogen-bond acceptors (Lipinski definition) is 3. The molecule has 1 atom stereocenters. The van der Waals surface area contributed by atoms with Gasteiger partial charge in [0.2, 0.25) is 11.8 Å². The molecule has 0 aromatic heterocycles. The number of aryl methyl sites for hydroxylation is 1. The van der Waals surface area contributed by atoms with Gasteiger partial charge in [0.1, 0.15) is 11.5 Å². The molecule has 0 spiro atoms. The number of para-hydroxylation sites is 1. The number of hydrogen-bond donors (Lipinski definition) is 1. The molecule has 0 aliphatic carbocycles. The minimum absolute atomic E-state index is 0.0700. The van der Waals surface area contributed by atoms with Crippen molar-refractivity contribution in [1.29, 1.82) is 0 Å². The van der Waals surface area contributed by atoms with Crippen molar-refractivity contribution in [2.75, 3.05) is 16.8 Å². The molecule has 3 aromatic carbocycles. The van der Waals surface area contributed by atoms with Gasteiger partial charge in [-0.15, -0.1) is 0 Å². The van der Waals surface area contributed by atoms with Gasteiger partial charge >= 0.3 is 0 Å². The lowest BCUT2D eigenvalue weighted by atomic mass is 10.1. The highest BCUT2D eigenvalue weighted by molar-refractivity contribution is 6.30. The minimum atomic E-state index is -0.406. The van der Waals surface area contributed by atoms with Gasteiger partial charge in [-0.1, -0.05) is 29.8 Å². The predicted octanol–water partition coefficient (Wildman–Crippen LogP) is 5.43. The minimum Gasteiger partial charge on any atom is -0.457 e. The van der Waals surface area contributed by atoms with E-state index in [1.165, 1.54) is 0 Å². The van der Waals surface area contributed by atoms with Crippen molar-refractivity contribution in [2.24, 2.45) is 5.92 Å². The largest absolute Gasteiger partial charge is 0.457 e. The fourth-order valence-electron chi connectivity index (χ4n) is 3.40. The molecule has 152 valence electrons. The zero-order valence-corrected chi connectivity index (χ0v) is 17.2. The summed E-state index contributed by atoms with van der Waals surface area (Å²) >= 11 is 5.91. The van der Waals surface area contributed by atoms with Crippen LogP contribution >= 0.6 is 11.6 Å². The van der Waals surface area contributed by atoms with E-state index >= 15 is 0 Å². The second-order valence-corrected chi connectivity index (χ2v) is 7.70. The maximum atomic E-state index is 12.7. The Bertz CT molecular complexity index is 1060. The molecule has 1 fully saturated rings. The number of anilines is 2. The highest BCUT2D eigenvalue weighted by Crippen LogP contribution is 2.28. The lowest BCUT2D eigenvalue weighted by Crippen LogP contribution is -2.28. The third kappa shape index (κ3) is 4.47. The zero-order chi connectivity index (χ0) is 21.1. The Morgan fingerprint density at radius 1 is 1.03 bits per heavy atom. The topological polar surface area (TPSA) is 58.6 Å². The molecule has 30 heavy (non-hydrogen) atoms. The molecule has 0 saturated carbocycles. The number of ether oxygens (including phenoxy) is 1. The Kier molecular flexibility index (Phi) is 5.72. The van der Waals surface area contributed by atoms with Crippen LogP contribution in [0.3, 0.4) is 0 Å². The second kappa shape index (κ2) is 8.59. The van der Waals surface area contributed by atoms with Gasteiger partial charge in [-0.05, 0) is 67.1 Å². The monoisotopic (exact) mass is 420 g/mol. The first-order valence-electron chi connectivity index (χ1n) is 9.70. The van der Waals surface area contributed by atoms with Crippen LogP contribution in [0.4, 0.5) is 11.4 Å². The molecule has 0 unspecified atom stereocenters. The normalized spacial score (nSPS) is 15.9. The molecule has 1 heterocycles. The van der Waals surface area contributed by atoms with E-state index in [1.54, 1.807) is 41.3 Å². The number of halogens is 1. The van der Waals surface area contributed by atoms with E-state index in [0.717, 1.165) is 17.0 Å². The highest BCUT2D eigenvalue weighted by atomic mass is 35.5. The Labute approximate surface area is 180 Å². The summed E-state index contributed by atoms with van der Waals surface area (Å²) in [5, 5.41) is 3.50. The summed E-state index contributed by atoms with van der Waals surface area (Å²) < 4.78 is 5.88. The third-order valence-electron chi connectivity index (χ3n) is 5.08. The molecule has 4 rings (SSSR count). The number of carbonyl (C=O) groups is 2. The average Bonchev–Trinajstić information content (AvgIpc) is 3.13. The Hall–Kier alpha value is -3.31. The molecule has 1 saturated heterocycles. The van der Waals surface area contributed by atoms with Crippen molar-refractivity contribution in [3.05, 3.63) is 83.4 Å². The van der Waals surface area contributed by atoms with Gasteiger partial charge in [-0.3, -0.25) is 9.59 Å². The van der Waals surface area contributed by atoms with Gasteiger partial charge in [0.25, 0.3) is 0 Å². The predicted molar refractivity (Wildman–Crippen MR) is 118 cm³/mol. The van der Waals surface area contributed by atoms with Crippen molar-refractivity contribution in [2.45, 2.75) is 13.3 Å². The summed E-state index contributed by atoms with van der Waals surface area (Å²) in [5.41, 5.74) is 2.46. The van der Waals surface area contributed by atoms with Crippen LogP contribution in [0.5, 0.6) is 11.5 Å². The van der Waals surface area contributed by atoms with Crippen molar-refractivity contribution in [3.8, 4) is 11.5 Å². The van der Waals surface area contributed by atoms with E-state index in [-0.39, 0.29) is 18.2 Å². The van der Waals surface area contributed by atoms with Gasteiger partial charge in [0.15, 0.2) is 0 Å². The molecular weight excluding hydrogens is 400 g/mol. The molecule has 2 amide bonds. The van der Waals surface area contributed by atoms with Crippen LogP contribution in [-0.2, 0) is 9.59 Å². The summed E-state index contributed by atoms with van der Waals surface area (Å²) in [7, 11) is 0. The maximum absolute atomic E-state index is 12.7. The summed E-state index contributed by atoms with van der Waals surface area (Å²) in [4.78, 5) is 26.7. The molecule has 6 heteroatoms. The second-order valence-electron chi connectivity index (χ2n) is 7.26. The standard InChI is InChI=1S/C24H21ClN2O3/c1-16-4-2-3-5-22(16)30-21-12-8-19(9-13-21)26-24(29)17-14-23(28)27(15-17)20-10-6-18(25)7-11-20/h2-13,17H,14-15H2,1H3,(H,26,29)/t17-/m0/s1. The number of benzene rings is 3. The fourth-order valence-corrected chi connectivity index (χ4v) is 3.53. The van der Waals surface area contributed by atoms with Crippen LogP contribution in [0.1, 0.15) is 12.0 Å². The van der Waals surface area contributed by atoms with Crippen molar-refractivity contribution in [3.63, 3.8) is 0 Å². The molecule has 0 radical (unpaired) electrons. The first kappa shape index (κ1) is 20.0. The molecule has 5 nitrogen and oxygen atoms in total. The van der Waals surface area contributed by atoms with Gasteiger partial charge in [0, 0.05) is 29.4 Å². The van der Waals surface area contributed by atoms with Gasteiger partial charge < -0.3 is 15.0 Å². The first-order valence-corrected chi connectivity index (χ1v) is 10.1. The average molecular weight is 421 g/mol. The summed E-state index contributed by atoms with van der Waals surface area (Å²) in [5.74, 6) is 0.830. The molecule has 0 bridgehead atoms. The van der Waals surface area contributed by atoms with Crippen LogP contribution in [0, 0.1) is 12.8 Å². The highest BCUT2D eigenvalue weighted by Gasteiger charge is 2.35. The van der Waals surface area contributed by atoms with Crippen molar-refractivity contribution in [1.82, 2.24) is 0 Å². The van der Waals surface area contributed by atoms with Gasteiger partial charge in [-0.2, -0.15) is 0 Å². The van der Waals surface area contributed by atoms with Crippen LogP contribution in [-0.4, -0.2) is 18.4 Å². The van der Waals surface area contributed by atoms with Gasteiger partial charge in [-0.25, -0.2) is 0 Å². The van der Waals surface area contributed by atoms with E-state index in [4.69, 9.17) is 16.3 Å².